The Morgan fingerprint density at radius 2 is 1.81 bits per heavy atom. The maximum atomic E-state index is 5.54. The van der Waals surface area contributed by atoms with Gasteiger partial charge in [0.15, 0.2) is 0 Å². The van der Waals surface area contributed by atoms with Crippen molar-refractivity contribution in [2.24, 2.45) is 4.99 Å². The third-order valence-electron chi connectivity index (χ3n) is 5.51. The van der Waals surface area contributed by atoms with E-state index in [1.165, 1.54) is 11.3 Å². The minimum absolute atomic E-state index is 0.586. The Bertz CT molecular complexity index is 864. The summed E-state index contributed by atoms with van der Waals surface area (Å²) in [6.45, 7) is 10.9. The molecule has 0 N–H and O–H groups in total. The molecular weight excluding hydrogens is 408 g/mol. The van der Waals surface area contributed by atoms with Gasteiger partial charge in [0, 0.05) is 50.4 Å². The topological polar surface area (TPSA) is 50.2 Å². The maximum Gasteiger partial charge on any atom is 0.0985 e. The zero-order valence-corrected chi connectivity index (χ0v) is 19.1. The largest absolute Gasteiger partial charge is 0.379 e. The Morgan fingerprint density at radius 1 is 1.03 bits per heavy atom. The van der Waals surface area contributed by atoms with E-state index in [9.17, 15) is 0 Å². The lowest BCUT2D eigenvalue weighted by atomic mass is 10.1. The average molecular weight is 441 g/mol. The van der Waals surface area contributed by atoms with Gasteiger partial charge in [0.2, 0.25) is 0 Å². The fourth-order valence-electron chi connectivity index (χ4n) is 3.80. The van der Waals surface area contributed by atoms with Gasteiger partial charge in [-0.1, -0.05) is 29.8 Å². The number of hydrogen-bond acceptors (Lipinski definition) is 7. The molecule has 1 aromatic heterocycles. The molecule has 0 aliphatic carbocycles. The third kappa shape index (κ3) is 7.04. The molecule has 6 nitrogen and oxygen atoms in total. The minimum atomic E-state index is 0.586. The maximum absolute atomic E-state index is 5.54. The van der Waals surface area contributed by atoms with Crippen LogP contribution >= 0.6 is 11.8 Å². The van der Waals surface area contributed by atoms with Crippen LogP contribution in [-0.4, -0.2) is 81.0 Å². The molecule has 0 radical (unpaired) electrons. The van der Waals surface area contributed by atoms with Crippen molar-refractivity contribution < 1.29 is 9.47 Å². The Balaban J connectivity index is 1.43. The lowest BCUT2D eigenvalue weighted by Gasteiger charge is -2.29. The SMILES string of the molecule is Cc1cccc(C=NCc2cc(N3CCOCC3)cc(SCCN3CCOCC3)n2)c1. The van der Waals surface area contributed by atoms with Crippen molar-refractivity contribution >= 4 is 23.7 Å². The summed E-state index contributed by atoms with van der Waals surface area (Å²) in [5, 5.41) is 1.08. The molecule has 0 saturated carbocycles. The number of rotatable bonds is 8. The summed E-state index contributed by atoms with van der Waals surface area (Å²) in [6.07, 6.45) is 1.95. The Hall–Kier alpha value is -1.93. The number of benzene rings is 1. The molecule has 0 unspecified atom stereocenters. The number of anilines is 1. The predicted molar refractivity (Wildman–Crippen MR) is 128 cm³/mol. The molecule has 2 aliphatic rings. The molecule has 3 heterocycles. The molecular formula is C24H32N4O2S. The molecule has 2 aliphatic heterocycles. The van der Waals surface area contributed by atoms with E-state index in [0.717, 1.165) is 81.2 Å². The molecule has 0 amide bonds. The van der Waals surface area contributed by atoms with Crippen molar-refractivity contribution in [2.75, 3.05) is 69.8 Å². The molecule has 166 valence electrons. The normalized spacial score (nSPS) is 18.0. The highest BCUT2D eigenvalue weighted by atomic mass is 32.2. The number of aliphatic imine (C=N–C) groups is 1. The number of pyridine rings is 1. The van der Waals surface area contributed by atoms with Crippen LogP contribution in [0.4, 0.5) is 5.69 Å². The summed E-state index contributed by atoms with van der Waals surface area (Å²) in [4.78, 5) is 14.4. The first kappa shape index (κ1) is 22.3. The van der Waals surface area contributed by atoms with E-state index in [1.807, 2.05) is 18.0 Å². The summed E-state index contributed by atoms with van der Waals surface area (Å²) >= 11 is 1.83. The molecule has 4 rings (SSSR count). The Morgan fingerprint density at radius 3 is 2.58 bits per heavy atom. The second kappa shape index (κ2) is 11.6. The Kier molecular flexibility index (Phi) is 8.35. The van der Waals surface area contributed by atoms with E-state index < -0.39 is 0 Å². The van der Waals surface area contributed by atoms with Crippen LogP contribution in [0.5, 0.6) is 0 Å². The fraction of sp³-hybridized carbons (Fsp3) is 0.500. The van der Waals surface area contributed by atoms with Crippen molar-refractivity contribution in [3.8, 4) is 0 Å². The smallest absolute Gasteiger partial charge is 0.0985 e. The zero-order valence-electron chi connectivity index (χ0n) is 18.3. The van der Waals surface area contributed by atoms with Crippen LogP contribution in [0.2, 0.25) is 0 Å². The molecule has 0 atom stereocenters. The fourth-order valence-corrected chi connectivity index (χ4v) is 4.75. The average Bonchev–Trinajstić information content (AvgIpc) is 2.80. The molecule has 2 fully saturated rings. The van der Waals surface area contributed by atoms with Crippen LogP contribution in [0.3, 0.4) is 0 Å². The monoisotopic (exact) mass is 440 g/mol. The first-order valence-corrected chi connectivity index (χ1v) is 12.1. The van der Waals surface area contributed by atoms with E-state index in [1.54, 1.807) is 0 Å². The van der Waals surface area contributed by atoms with Crippen molar-refractivity contribution in [1.82, 2.24) is 9.88 Å². The first-order valence-electron chi connectivity index (χ1n) is 11.1. The predicted octanol–water partition coefficient (Wildman–Crippen LogP) is 3.27. The summed E-state index contributed by atoms with van der Waals surface area (Å²) in [6, 6.07) is 12.8. The van der Waals surface area contributed by atoms with E-state index >= 15 is 0 Å². The van der Waals surface area contributed by atoms with Crippen molar-refractivity contribution in [3.63, 3.8) is 0 Å². The third-order valence-corrected chi connectivity index (χ3v) is 6.40. The van der Waals surface area contributed by atoms with E-state index in [2.05, 4.69) is 58.1 Å². The van der Waals surface area contributed by atoms with Crippen LogP contribution < -0.4 is 4.90 Å². The van der Waals surface area contributed by atoms with Gasteiger partial charge < -0.3 is 14.4 Å². The van der Waals surface area contributed by atoms with Gasteiger partial charge in [0.1, 0.15) is 0 Å². The number of ether oxygens (including phenoxy) is 2. The van der Waals surface area contributed by atoms with Gasteiger partial charge >= 0.3 is 0 Å². The quantitative estimate of drug-likeness (QED) is 0.464. The van der Waals surface area contributed by atoms with Gasteiger partial charge in [-0.25, -0.2) is 4.98 Å². The van der Waals surface area contributed by atoms with Crippen LogP contribution in [0, 0.1) is 6.92 Å². The van der Waals surface area contributed by atoms with Gasteiger partial charge in [-0.3, -0.25) is 9.89 Å². The van der Waals surface area contributed by atoms with Gasteiger partial charge in [-0.15, -0.1) is 11.8 Å². The number of aromatic nitrogens is 1. The summed E-state index contributed by atoms with van der Waals surface area (Å²) in [5.41, 5.74) is 4.62. The molecule has 1 aromatic carbocycles. The summed E-state index contributed by atoms with van der Waals surface area (Å²) in [5.74, 6) is 1.03. The number of morpholine rings is 2. The van der Waals surface area contributed by atoms with Gasteiger partial charge in [0.05, 0.1) is 43.7 Å². The van der Waals surface area contributed by atoms with E-state index in [0.29, 0.717) is 6.54 Å². The van der Waals surface area contributed by atoms with Crippen LogP contribution in [0.15, 0.2) is 46.4 Å². The number of thioether (sulfide) groups is 1. The standard InChI is InChI=1S/C24H32N4O2S/c1-20-3-2-4-21(15-20)18-25-19-22-16-23(28-7-12-30-13-8-28)17-24(26-22)31-14-9-27-5-10-29-11-6-27/h2-4,15-18H,5-14,19H2,1H3. The lowest BCUT2D eigenvalue weighted by Crippen LogP contribution is -2.37. The second-order valence-corrected chi connectivity index (χ2v) is 9.06. The second-order valence-electron chi connectivity index (χ2n) is 7.94. The lowest BCUT2D eigenvalue weighted by molar-refractivity contribution is 0.0410. The zero-order chi connectivity index (χ0) is 21.3. The van der Waals surface area contributed by atoms with Crippen LogP contribution in [0.1, 0.15) is 16.8 Å². The van der Waals surface area contributed by atoms with Gasteiger partial charge in [-0.05, 0) is 24.6 Å². The summed E-state index contributed by atoms with van der Waals surface area (Å²) < 4.78 is 11.0. The van der Waals surface area contributed by atoms with Crippen molar-refractivity contribution in [3.05, 3.63) is 53.2 Å². The molecule has 0 bridgehead atoms. The first-order chi connectivity index (χ1) is 15.3. The summed E-state index contributed by atoms with van der Waals surface area (Å²) in [7, 11) is 0. The number of hydrogen-bond donors (Lipinski definition) is 0. The van der Waals surface area contributed by atoms with E-state index in [4.69, 9.17) is 14.5 Å². The van der Waals surface area contributed by atoms with Crippen LogP contribution in [-0.2, 0) is 16.0 Å². The van der Waals surface area contributed by atoms with Crippen LogP contribution in [0.25, 0.3) is 0 Å². The van der Waals surface area contributed by atoms with Crippen molar-refractivity contribution in [1.29, 1.82) is 0 Å². The highest BCUT2D eigenvalue weighted by Crippen LogP contribution is 2.25. The molecule has 2 aromatic rings. The molecule has 0 spiro atoms. The molecule has 31 heavy (non-hydrogen) atoms. The number of aryl methyl sites for hydroxylation is 1. The van der Waals surface area contributed by atoms with E-state index in [-0.39, 0.29) is 0 Å². The molecule has 2 saturated heterocycles. The number of nitrogens with zero attached hydrogens (tertiary/aromatic N) is 4. The Labute approximate surface area is 189 Å². The molecule has 7 heteroatoms. The highest BCUT2D eigenvalue weighted by molar-refractivity contribution is 7.99. The van der Waals surface area contributed by atoms with Gasteiger partial charge in [0.25, 0.3) is 0 Å². The minimum Gasteiger partial charge on any atom is -0.379 e. The van der Waals surface area contributed by atoms with Crippen molar-refractivity contribution in [2.45, 2.75) is 18.5 Å². The van der Waals surface area contributed by atoms with Gasteiger partial charge in [-0.2, -0.15) is 0 Å². The highest BCUT2D eigenvalue weighted by Gasteiger charge is 2.15.